The molecule has 0 aliphatic carbocycles. The Hall–Kier alpha value is -0.560. The molecule has 0 saturated carbocycles. The lowest BCUT2D eigenvalue weighted by Gasteiger charge is -2.19. The summed E-state index contributed by atoms with van der Waals surface area (Å²) in [4.78, 5) is 0. The van der Waals surface area contributed by atoms with Gasteiger partial charge in [-0.1, -0.05) is 18.2 Å². The molecule has 1 atom stereocenters. The highest BCUT2D eigenvalue weighted by molar-refractivity contribution is 4.91. The fourth-order valence-corrected chi connectivity index (χ4v) is 1.88. The molecular formula is C13H23N. The van der Waals surface area contributed by atoms with Crippen LogP contribution in [-0.4, -0.2) is 13.1 Å². The third-order valence-electron chi connectivity index (χ3n) is 2.77. The van der Waals surface area contributed by atoms with Gasteiger partial charge in [-0.25, -0.2) is 0 Å². The van der Waals surface area contributed by atoms with Crippen molar-refractivity contribution in [2.75, 3.05) is 13.1 Å². The number of rotatable bonds is 6. The second-order valence-electron chi connectivity index (χ2n) is 4.11. The van der Waals surface area contributed by atoms with Crippen LogP contribution in [-0.2, 0) is 0 Å². The molecule has 0 aromatic carbocycles. The lowest BCUT2D eigenvalue weighted by atomic mass is 9.99. The Kier molecular flexibility index (Phi) is 6.42. The molecule has 1 aliphatic heterocycles. The van der Waals surface area contributed by atoms with Crippen molar-refractivity contribution in [1.29, 1.82) is 0 Å². The van der Waals surface area contributed by atoms with Crippen LogP contribution in [0.4, 0.5) is 0 Å². The smallest absolute Gasteiger partial charge is 0.00142 e. The van der Waals surface area contributed by atoms with E-state index in [4.69, 9.17) is 0 Å². The normalized spacial score (nSPS) is 22.7. The second kappa shape index (κ2) is 7.81. The van der Waals surface area contributed by atoms with Gasteiger partial charge in [0.1, 0.15) is 0 Å². The monoisotopic (exact) mass is 193 g/mol. The van der Waals surface area contributed by atoms with Gasteiger partial charge in [-0.2, -0.15) is 0 Å². The zero-order chi connectivity index (χ0) is 10.1. The molecule has 0 bridgehead atoms. The highest BCUT2D eigenvalue weighted by Crippen LogP contribution is 2.12. The number of nitrogens with one attached hydrogen (secondary N) is 1. The zero-order valence-corrected chi connectivity index (χ0v) is 9.17. The van der Waals surface area contributed by atoms with Crippen LogP contribution in [0, 0.1) is 5.92 Å². The van der Waals surface area contributed by atoms with E-state index in [1.54, 1.807) is 0 Å². The number of piperidine rings is 1. The third-order valence-corrected chi connectivity index (χ3v) is 2.77. The predicted octanol–water partition coefficient (Wildman–Crippen LogP) is 3.29. The van der Waals surface area contributed by atoms with E-state index in [9.17, 15) is 0 Å². The van der Waals surface area contributed by atoms with Gasteiger partial charge in [-0.15, -0.1) is 6.58 Å². The van der Waals surface area contributed by atoms with Crippen molar-refractivity contribution in [3.8, 4) is 0 Å². The van der Waals surface area contributed by atoms with Crippen molar-refractivity contribution < 1.29 is 0 Å². The van der Waals surface area contributed by atoms with Crippen LogP contribution in [0.1, 0.15) is 38.5 Å². The molecule has 0 aromatic heterocycles. The Morgan fingerprint density at radius 3 is 2.86 bits per heavy atom. The quantitative estimate of drug-likeness (QED) is 0.504. The Morgan fingerprint density at radius 2 is 2.14 bits per heavy atom. The molecule has 1 nitrogen and oxygen atoms in total. The van der Waals surface area contributed by atoms with E-state index in [1.807, 2.05) is 6.08 Å². The van der Waals surface area contributed by atoms with Gasteiger partial charge in [0.2, 0.25) is 0 Å². The topological polar surface area (TPSA) is 12.0 Å². The average molecular weight is 193 g/mol. The van der Waals surface area contributed by atoms with Gasteiger partial charge in [-0.3, -0.25) is 0 Å². The maximum absolute atomic E-state index is 3.73. The van der Waals surface area contributed by atoms with E-state index in [0.29, 0.717) is 0 Å². The van der Waals surface area contributed by atoms with Gasteiger partial charge in [0.25, 0.3) is 0 Å². The number of hydrogen-bond donors (Lipinski definition) is 1. The minimum atomic E-state index is 0.795. The van der Waals surface area contributed by atoms with Gasteiger partial charge in [0, 0.05) is 6.54 Å². The zero-order valence-electron chi connectivity index (χ0n) is 9.17. The number of hydrogen-bond acceptors (Lipinski definition) is 1. The van der Waals surface area contributed by atoms with Gasteiger partial charge < -0.3 is 5.32 Å². The summed E-state index contributed by atoms with van der Waals surface area (Å²) in [7, 11) is 0. The molecule has 80 valence electrons. The summed E-state index contributed by atoms with van der Waals surface area (Å²) < 4.78 is 0. The standard InChI is InChI=1S/C13H23N/c1-2-3-4-5-6-7-9-13-10-8-11-14-12-13/h2,7,9,13-14H,1,3-6,8,10-12H2. The SMILES string of the molecule is C=CCCCCC=CC1CCCNC1. The van der Waals surface area contributed by atoms with Crippen molar-refractivity contribution in [3.05, 3.63) is 24.8 Å². The predicted molar refractivity (Wildman–Crippen MR) is 63.4 cm³/mol. The molecule has 0 aromatic rings. The molecule has 1 unspecified atom stereocenters. The highest BCUT2D eigenvalue weighted by atomic mass is 14.9. The molecule has 1 fully saturated rings. The first-order valence-corrected chi connectivity index (χ1v) is 5.92. The Bertz CT molecular complexity index is 166. The number of allylic oxidation sites excluding steroid dienone is 2. The second-order valence-corrected chi connectivity index (χ2v) is 4.11. The summed E-state index contributed by atoms with van der Waals surface area (Å²) in [5, 5.41) is 3.43. The molecule has 1 rings (SSSR count). The van der Waals surface area contributed by atoms with Crippen LogP contribution in [0.25, 0.3) is 0 Å². The summed E-state index contributed by atoms with van der Waals surface area (Å²) in [5.41, 5.74) is 0. The van der Waals surface area contributed by atoms with Crippen LogP contribution < -0.4 is 5.32 Å². The van der Waals surface area contributed by atoms with Crippen molar-refractivity contribution in [1.82, 2.24) is 5.32 Å². The van der Waals surface area contributed by atoms with Crippen molar-refractivity contribution >= 4 is 0 Å². The summed E-state index contributed by atoms with van der Waals surface area (Å²) in [6.07, 6.45) is 14.5. The van der Waals surface area contributed by atoms with Crippen molar-refractivity contribution in [2.45, 2.75) is 38.5 Å². The van der Waals surface area contributed by atoms with E-state index in [-0.39, 0.29) is 0 Å². The van der Waals surface area contributed by atoms with E-state index in [1.165, 1.54) is 51.6 Å². The van der Waals surface area contributed by atoms with Crippen LogP contribution in [0.15, 0.2) is 24.8 Å². The lowest BCUT2D eigenvalue weighted by molar-refractivity contribution is 0.437. The molecule has 0 radical (unpaired) electrons. The average Bonchev–Trinajstić information content (AvgIpc) is 2.25. The first-order valence-electron chi connectivity index (χ1n) is 5.92. The maximum Gasteiger partial charge on any atom is 0.00142 e. The first kappa shape index (κ1) is 11.5. The summed E-state index contributed by atoms with van der Waals surface area (Å²) in [6, 6.07) is 0. The molecular weight excluding hydrogens is 170 g/mol. The van der Waals surface area contributed by atoms with Crippen molar-refractivity contribution in [2.24, 2.45) is 5.92 Å². The lowest BCUT2D eigenvalue weighted by Crippen LogP contribution is -2.28. The molecule has 0 amide bonds. The fourth-order valence-electron chi connectivity index (χ4n) is 1.88. The van der Waals surface area contributed by atoms with Gasteiger partial charge in [0.05, 0.1) is 0 Å². The summed E-state index contributed by atoms with van der Waals surface area (Å²) in [5.74, 6) is 0.795. The minimum Gasteiger partial charge on any atom is -0.316 e. The van der Waals surface area contributed by atoms with Gasteiger partial charge >= 0.3 is 0 Å². The maximum atomic E-state index is 3.73. The Balaban J connectivity index is 1.98. The molecule has 1 saturated heterocycles. The minimum absolute atomic E-state index is 0.795. The van der Waals surface area contributed by atoms with E-state index in [2.05, 4.69) is 24.0 Å². The first-order chi connectivity index (χ1) is 6.93. The highest BCUT2D eigenvalue weighted by Gasteiger charge is 2.08. The van der Waals surface area contributed by atoms with Crippen LogP contribution in [0.2, 0.25) is 0 Å². The van der Waals surface area contributed by atoms with Gasteiger partial charge in [-0.05, 0) is 51.0 Å². The molecule has 1 heterocycles. The Morgan fingerprint density at radius 1 is 1.29 bits per heavy atom. The summed E-state index contributed by atoms with van der Waals surface area (Å²) >= 11 is 0. The molecule has 0 spiro atoms. The fraction of sp³-hybridized carbons (Fsp3) is 0.692. The van der Waals surface area contributed by atoms with Crippen LogP contribution >= 0.6 is 0 Å². The van der Waals surface area contributed by atoms with Crippen LogP contribution in [0.3, 0.4) is 0 Å². The van der Waals surface area contributed by atoms with E-state index >= 15 is 0 Å². The Labute approximate surface area is 88.3 Å². The molecule has 1 aliphatic rings. The number of unbranched alkanes of at least 4 members (excludes halogenated alkanes) is 3. The largest absolute Gasteiger partial charge is 0.316 e. The molecule has 1 heteroatoms. The third kappa shape index (κ3) is 5.23. The molecule has 14 heavy (non-hydrogen) atoms. The van der Waals surface area contributed by atoms with Crippen molar-refractivity contribution in [3.63, 3.8) is 0 Å². The molecule has 1 N–H and O–H groups in total. The van der Waals surface area contributed by atoms with Crippen LogP contribution in [0.5, 0.6) is 0 Å². The van der Waals surface area contributed by atoms with Gasteiger partial charge in [0.15, 0.2) is 0 Å². The summed E-state index contributed by atoms with van der Waals surface area (Å²) in [6.45, 7) is 6.12. The van der Waals surface area contributed by atoms with E-state index < -0.39 is 0 Å². The van der Waals surface area contributed by atoms with E-state index in [0.717, 1.165) is 5.92 Å².